The lowest BCUT2D eigenvalue weighted by atomic mass is 10.1. The van der Waals surface area contributed by atoms with Crippen LogP contribution in [0.1, 0.15) is 5.56 Å². The highest BCUT2D eigenvalue weighted by atomic mass is 32.2. The fourth-order valence-corrected chi connectivity index (χ4v) is 2.59. The first-order valence-electron chi connectivity index (χ1n) is 7.14. The third kappa shape index (κ3) is 4.97. The lowest BCUT2D eigenvalue weighted by molar-refractivity contribution is 0.252. The van der Waals surface area contributed by atoms with Gasteiger partial charge in [0.25, 0.3) is 10.1 Å². The highest BCUT2D eigenvalue weighted by Crippen LogP contribution is 2.17. The topological polar surface area (TPSA) is 105 Å². The van der Waals surface area contributed by atoms with Crippen molar-refractivity contribution in [1.82, 2.24) is 5.32 Å². The van der Waals surface area contributed by atoms with Gasteiger partial charge in [-0.1, -0.05) is 18.2 Å². The molecule has 0 aromatic heterocycles. The maximum Gasteiger partial charge on any atom is 0.319 e. The van der Waals surface area contributed by atoms with E-state index in [1.807, 2.05) is 24.3 Å². The van der Waals surface area contributed by atoms with Gasteiger partial charge >= 0.3 is 6.03 Å². The highest BCUT2D eigenvalue weighted by molar-refractivity contribution is 7.85. The summed E-state index contributed by atoms with van der Waals surface area (Å²) in [6, 6.07) is 12.3. The summed E-state index contributed by atoms with van der Waals surface area (Å²) in [5.74, 6) is 0.764. The second-order valence-electron chi connectivity index (χ2n) is 4.94. The molecule has 0 saturated heterocycles. The van der Waals surface area contributed by atoms with Crippen molar-refractivity contribution in [2.75, 3.05) is 19.0 Å². The predicted octanol–water partition coefficient (Wildman–Crippen LogP) is 2.31. The fourth-order valence-electron chi connectivity index (χ4n) is 2.11. The molecule has 2 amide bonds. The number of carbonyl (C=O) groups is 1. The second-order valence-corrected chi connectivity index (χ2v) is 6.36. The van der Waals surface area contributed by atoms with Gasteiger partial charge in [0.15, 0.2) is 0 Å². The number of amides is 2. The van der Waals surface area contributed by atoms with E-state index in [0.717, 1.165) is 11.3 Å². The number of methoxy groups -OCH3 is 1. The summed E-state index contributed by atoms with van der Waals surface area (Å²) in [6.45, 7) is 0.412. The minimum absolute atomic E-state index is 0.232. The van der Waals surface area contributed by atoms with Gasteiger partial charge in [0.1, 0.15) is 5.75 Å². The Labute approximate surface area is 140 Å². The number of para-hydroxylation sites is 1. The normalized spacial score (nSPS) is 10.9. The van der Waals surface area contributed by atoms with Crippen molar-refractivity contribution in [1.29, 1.82) is 0 Å². The molecular weight excluding hydrogens is 332 g/mol. The molecule has 0 aliphatic heterocycles. The largest absolute Gasteiger partial charge is 0.496 e. The number of hydrogen-bond acceptors (Lipinski definition) is 4. The van der Waals surface area contributed by atoms with E-state index in [4.69, 9.17) is 9.29 Å². The summed E-state index contributed by atoms with van der Waals surface area (Å²) in [5, 5.41) is 5.28. The molecule has 0 fully saturated rings. The van der Waals surface area contributed by atoms with Gasteiger partial charge in [-0.25, -0.2) is 4.79 Å². The van der Waals surface area contributed by atoms with Crippen LogP contribution in [-0.2, 0) is 16.5 Å². The van der Waals surface area contributed by atoms with Crippen LogP contribution in [-0.4, -0.2) is 32.7 Å². The molecular formula is C16H18N2O5S. The summed E-state index contributed by atoms with van der Waals surface area (Å²) < 4.78 is 36.0. The Kier molecular flexibility index (Phi) is 5.78. The monoisotopic (exact) mass is 350 g/mol. The number of rotatable bonds is 6. The quantitative estimate of drug-likeness (QED) is 0.694. The Morgan fingerprint density at radius 1 is 1.12 bits per heavy atom. The van der Waals surface area contributed by atoms with Crippen molar-refractivity contribution >= 4 is 21.8 Å². The van der Waals surface area contributed by atoms with Crippen LogP contribution in [0.15, 0.2) is 53.4 Å². The van der Waals surface area contributed by atoms with Gasteiger partial charge in [-0.05, 0) is 42.3 Å². The van der Waals surface area contributed by atoms with Gasteiger partial charge in [-0.15, -0.1) is 0 Å². The van der Waals surface area contributed by atoms with Crippen molar-refractivity contribution in [3.8, 4) is 5.75 Å². The molecule has 0 unspecified atom stereocenters. The van der Waals surface area contributed by atoms with Crippen LogP contribution in [0.5, 0.6) is 5.75 Å². The number of hydrogen-bond donors (Lipinski definition) is 3. The Balaban J connectivity index is 1.85. The molecule has 0 spiro atoms. The average molecular weight is 350 g/mol. The molecule has 0 aliphatic rings. The SMILES string of the molecule is COc1ccccc1CCNC(=O)Nc1ccc(S(=O)(=O)O)cc1. The lowest BCUT2D eigenvalue weighted by Crippen LogP contribution is -2.30. The maximum absolute atomic E-state index is 11.8. The Morgan fingerprint density at radius 3 is 2.42 bits per heavy atom. The van der Waals surface area contributed by atoms with E-state index in [0.29, 0.717) is 18.7 Å². The van der Waals surface area contributed by atoms with Gasteiger partial charge in [-0.3, -0.25) is 4.55 Å². The number of carbonyl (C=O) groups excluding carboxylic acids is 1. The third-order valence-corrected chi connectivity index (χ3v) is 4.15. The fraction of sp³-hybridized carbons (Fsp3) is 0.188. The van der Waals surface area contributed by atoms with Gasteiger partial charge in [0.2, 0.25) is 0 Å². The standard InChI is InChI=1S/C16H18N2O5S/c1-23-15-5-3-2-4-12(15)10-11-17-16(19)18-13-6-8-14(9-7-13)24(20,21)22/h2-9H,10-11H2,1H3,(H2,17,18,19)(H,20,21,22). The number of urea groups is 1. The van der Waals surface area contributed by atoms with Crippen LogP contribution < -0.4 is 15.4 Å². The van der Waals surface area contributed by atoms with E-state index in [-0.39, 0.29) is 4.90 Å². The van der Waals surface area contributed by atoms with E-state index < -0.39 is 16.1 Å². The number of ether oxygens (including phenoxy) is 1. The molecule has 2 aromatic carbocycles. The number of benzene rings is 2. The second kappa shape index (κ2) is 7.80. The first-order chi connectivity index (χ1) is 11.4. The first kappa shape index (κ1) is 17.8. The van der Waals surface area contributed by atoms with Gasteiger partial charge in [0, 0.05) is 12.2 Å². The molecule has 24 heavy (non-hydrogen) atoms. The molecule has 0 saturated carbocycles. The Morgan fingerprint density at radius 2 is 1.79 bits per heavy atom. The van der Waals surface area contributed by atoms with Gasteiger partial charge < -0.3 is 15.4 Å². The van der Waals surface area contributed by atoms with Crippen molar-refractivity contribution in [3.63, 3.8) is 0 Å². The summed E-state index contributed by atoms with van der Waals surface area (Å²) in [6.07, 6.45) is 0.610. The van der Waals surface area contributed by atoms with E-state index in [9.17, 15) is 13.2 Å². The molecule has 0 radical (unpaired) electrons. The zero-order chi connectivity index (χ0) is 17.6. The van der Waals surface area contributed by atoms with Crippen LogP contribution in [0.3, 0.4) is 0 Å². The minimum Gasteiger partial charge on any atom is -0.496 e. The van der Waals surface area contributed by atoms with E-state index in [1.54, 1.807) is 7.11 Å². The van der Waals surface area contributed by atoms with E-state index in [1.165, 1.54) is 24.3 Å². The summed E-state index contributed by atoms with van der Waals surface area (Å²) in [7, 11) is -2.65. The van der Waals surface area contributed by atoms with E-state index >= 15 is 0 Å². The zero-order valence-corrected chi connectivity index (χ0v) is 13.8. The lowest BCUT2D eigenvalue weighted by Gasteiger charge is -2.10. The summed E-state index contributed by atoms with van der Waals surface area (Å²) in [4.78, 5) is 11.6. The first-order valence-corrected chi connectivity index (χ1v) is 8.58. The third-order valence-electron chi connectivity index (χ3n) is 3.28. The van der Waals surface area contributed by atoms with Crippen molar-refractivity contribution in [3.05, 3.63) is 54.1 Å². The molecule has 7 nitrogen and oxygen atoms in total. The van der Waals surface area contributed by atoms with E-state index in [2.05, 4.69) is 10.6 Å². The molecule has 0 heterocycles. The van der Waals surface area contributed by atoms with Gasteiger partial charge in [-0.2, -0.15) is 8.42 Å². The molecule has 128 valence electrons. The van der Waals surface area contributed by atoms with Crippen LogP contribution in [0, 0.1) is 0 Å². The minimum atomic E-state index is -4.24. The van der Waals surface area contributed by atoms with Crippen molar-refractivity contribution < 1.29 is 22.5 Å². The smallest absolute Gasteiger partial charge is 0.319 e. The molecule has 0 aliphatic carbocycles. The highest BCUT2D eigenvalue weighted by Gasteiger charge is 2.09. The van der Waals surface area contributed by atoms with Crippen LogP contribution >= 0.6 is 0 Å². The molecule has 2 aromatic rings. The predicted molar refractivity (Wildman–Crippen MR) is 90.0 cm³/mol. The maximum atomic E-state index is 11.8. The van der Waals surface area contributed by atoms with Crippen LogP contribution in [0.25, 0.3) is 0 Å². The zero-order valence-electron chi connectivity index (χ0n) is 13.0. The Hall–Kier alpha value is -2.58. The van der Waals surface area contributed by atoms with Crippen LogP contribution in [0.4, 0.5) is 10.5 Å². The van der Waals surface area contributed by atoms with Crippen molar-refractivity contribution in [2.45, 2.75) is 11.3 Å². The molecule has 3 N–H and O–H groups in total. The molecule has 0 bridgehead atoms. The van der Waals surface area contributed by atoms with Gasteiger partial charge in [0.05, 0.1) is 12.0 Å². The Bertz CT molecular complexity index is 803. The summed E-state index contributed by atoms with van der Waals surface area (Å²) in [5.41, 5.74) is 1.40. The number of nitrogens with one attached hydrogen (secondary N) is 2. The molecule has 8 heteroatoms. The van der Waals surface area contributed by atoms with Crippen LogP contribution in [0.2, 0.25) is 0 Å². The average Bonchev–Trinajstić information content (AvgIpc) is 2.55. The molecule has 0 atom stereocenters. The van der Waals surface area contributed by atoms with Crippen molar-refractivity contribution in [2.24, 2.45) is 0 Å². The summed E-state index contributed by atoms with van der Waals surface area (Å²) >= 11 is 0. The molecule has 2 rings (SSSR count). The number of anilines is 1.